The number of hydrogen-bond acceptors (Lipinski definition) is 7. The fourth-order valence-electron chi connectivity index (χ4n) is 3.89. The van der Waals surface area contributed by atoms with Gasteiger partial charge in [-0.25, -0.2) is 0 Å². The minimum atomic E-state index is -0.407. The molecule has 3 rings (SSSR count). The van der Waals surface area contributed by atoms with Crippen molar-refractivity contribution in [1.82, 2.24) is 15.5 Å². The number of amides is 1. The fraction of sp³-hybridized carbons (Fsp3) is 0.833. The summed E-state index contributed by atoms with van der Waals surface area (Å²) in [5.74, 6) is 1.54. The Balaban J connectivity index is 1.42. The summed E-state index contributed by atoms with van der Waals surface area (Å²) in [5.41, 5.74) is 6.00. The van der Waals surface area contributed by atoms with Gasteiger partial charge in [-0.1, -0.05) is 18.0 Å². The fourth-order valence-corrected chi connectivity index (χ4v) is 3.89. The maximum Gasteiger partial charge on any atom is 0.246 e. The molecule has 8 nitrogen and oxygen atoms in total. The van der Waals surface area contributed by atoms with Crippen LogP contribution in [-0.2, 0) is 19.8 Å². The van der Waals surface area contributed by atoms with E-state index in [9.17, 15) is 4.79 Å². The zero-order chi connectivity index (χ0) is 18.4. The molecule has 0 radical (unpaired) electrons. The molecule has 0 bridgehead atoms. The molecule has 0 saturated heterocycles. The zero-order valence-corrected chi connectivity index (χ0v) is 15.5. The van der Waals surface area contributed by atoms with Gasteiger partial charge in [0, 0.05) is 19.1 Å². The van der Waals surface area contributed by atoms with E-state index in [4.69, 9.17) is 19.7 Å². The molecule has 2 fully saturated rings. The monoisotopic (exact) mass is 366 g/mol. The van der Waals surface area contributed by atoms with Gasteiger partial charge in [-0.3, -0.25) is 4.79 Å². The van der Waals surface area contributed by atoms with Gasteiger partial charge < -0.3 is 25.0 Å². The number of methoxy groups -OCH3 is 1. The van der Waals surface area contributed by atoms with E-state index >= 15 is 0 Å². The molecule has 1 aromatic heterocycles. The second kappa shape index (κ2) is 8.92. The lowest BCUT2D eigenvalue weighted by molar-refractivity contribution is -0.127. The Bertz CT molecular complexity index is 578. The Kier molecular flexibility index (Phi) is 6.61. The number of nitrogens with zero attached hydrogens (tertiary/aromatic N) is 2. The Hall–Kier alpha value is -1.51. The standard InChI is InChI=1S/C18H30N4O4/c1-24-10-11-25-12-15(23)20-14-6-4-13(5-7-14)16-21-17(22-26-16)18(19)8-2-3-9-18/h13-14H,2-12,19H2,1H3,(H,20,23). The molecule has 2 aliphatic rings. The van der Waals surface area contributed by atoms with Gasteiger partial charge in [0.05, 0.1) is 18.8 Å². The molecule has 1 heterocycles. The molecular weight excluding hydrogens is 336 g/mol. The van der Waals surface area contributed by atoms with E-state index in [-0.39, 0.29) is 24.5 Å². The van der Waals surface area contributed by atoms with E-state index in [0.29, 0.717) is 24.9 Å². The van der Waals surface area contributed by atoms with Crippen LogP contribution >= 0.6 is 0 Å². The maximum atomic E-state index is 11.9. The summed E-state index contributed by atoms with van der Waals surface area (Å²) in [6.07, 6.45) is 7.76. The van der Waals surface area contributed by atoms with Gasteiger partial charge >= 0.3 is 0 Å². The predicted molar refractivity (Wildman–Crippen MR) is 94.5 cm³/mol. The average molecular weight is 366 g/mol. The molecule has 2 saturated carbocycles. The molecular formula is C18H30N4O4. The normalized spacial score (nSPS) is 25.3. The predicted octanol–water partition coefficient (Wildman–Crippen LogP) is 1.60. The van der Waals surface area contributed by atoms with Crippen LogP contribution in [0.15, 0.2) is 4.52 Å². The summed E-state index contributed by atoms with van der Waals surface area (Å²) in [7, 11) is 1.61. The van der Waals surface area contributed by atoms with Crippen molar-refractivity contribution in [2.24, 2.45) is 5.73 Å². The van der Waals surface area contributed by atoms with Crippen molar-refractivity contribution in [2.75, 3.05) is 26.9 Å². The Labute approximate surface area is 154 Å². The number of rotatable bonds is 8. The van der Waals surface area contributed by atoms with Crippen molar-refractivity contribution in [3.63, 3.8) is 0 Å². The first-order valence-electron chi connectivity index (χ1n) is 9.60. The Morgan fingerprint density at radius 2 is 2.00 bits per heavy atom. The quantitative estimate of drug-likeness (QED) is 0.672. The SMILES string of the molecule is COCCOCC(=O)NC1CCC(c2nc(C3(N)CCCC3)no2)CC1. The van der Waals surface area contributed by atoms with Crippen LogP contribution in [0.25, 0.3) is 0 Å². The van der Waals surface area contributed by atoms with Crippen LogP contribution in [0.3, 0.4) is 0 Å². The number of nitrogens with two attached hydrogens (primary N) is 1. The third-order valence-corrected chi connectivity index (χ3v) is 5.49. The molecule has 146 valence electrons. The number of hydrogen-bond donors (Lipinski definition) is 2. The Morgan fingerprint density at radius 3 is 2.69 bits per heavy atom. The first kappa shape index (κ1) is 19.3. The highest BCUT2D eigenvalue weighted by molar-refractivity contribution is 5.77. The summed E-state index contributed by atoms with van der Waals surface area (Å²) >= 11 is 0. The number of ether oxygens (including phenoxy) is 2. The van der Waals surface area contributed by atoms with Crippen LogP contribution in [0.5, 0.6) is 0 Å². The van der Waals surface area contributed by atoms with Crippen LogP contribution in [-0.4, -0.2) is 49.0 Å². The van der Waals surface area contributed by atoms with Crippen molar-refractivity contribution >= 4 is 5.91 Å². The summed E-state index contributed by atoms with van der Waals surface area (Å²) in [6.45, 7) is 1.00. The smallest absolute Gasteiger partial charge is 0.246 e. The first-order chi connectivity index (χ1) is 12.6. The third-order valence-electron chi connectivity index (χ3n) is 5.49. The molecule has 3 N–H and O–H groups in total. The number of carbonyl (C=O) groups is 1. The van der Waals surface area contributed by atoms with E-state index in [1.165, 1.54) is 0 Å². The second-order valence-electron chi connectivity index (χ2n) is 7.48. The van der Waals surface area contributed by atoms with Gasteiger partial charge in [0.2, 0.25) is 11.8 Å². The molecule has 0 spiro atoms. The Morgan fingerprint density at radius 1 is 1.27 bits per heavy atom. The summed E-state index contributed by atoms with van der Waals surface area (Å²) in [4.78, 5) is 16.5. The summed E-state index contributed by atoms with van der Waals surface area (Å²) in [6, 6.07) is 0.183. The van der Waals surface area contributed by atoms with Crippen molar-refractivity contribution in [2.45, 2.75) is 68.9 Å². The van der Waals surface area contributed by atoms with Gasteiger partial charge in [-0.15, -0.1) is 0 Å². The molecule has 2 aliphatic carbocycles. The van der Waals surface area contributed by atoms with E-state index in [2.05, 4.69) is 15.5 Å². The van der Waals surface area contributed by atoms with E-state index in [1.807, 2.05) is 0 Å². The molecule has 1 amide bonds. The van der Waals surface area contributed by atoms with Crippen LogP contribution < -0.4 is 11.1 Å². The zero-order valence-electron chi connectivity index (χ0n) is 15.5. The van der Waals surface area contributed by atoms with E-state index in [1.54, 1.807) is 7.11 Å². The number of aromatic nitrogens is 2. The highest BCUT2D eigenvalue weighted by Gasteiger charge is 2.37. The van der Waals surface area contributed by atoms with Crippen LogP contribution in [0.1, 0.15) is 69.0 Å². The molecule has 0 aromatic carbocycles. The van der Waals surface area contributed by atoms with Crippen molar-refractivity contribution < 1.29 is 18.8 Å². The van der Waals surface area contributed by atoms with Gasteiger partial charge in [-0.05, 0) is 38.5 Å². The summed E-state index contributed by atoms with van der Waals surface area (Å²) in [5, 5.41) is 7.19. The molecule has 26 heavy (non-hydrogen) atoms. The van der Waals surface area contributed by atoms with Crippen LogP contribution in [0.4, 0.5) is 0 Å². The van der Waals surface area contributed by atoms with Crippen molar-refractivity contribution in [3.05, 3.63) is 11.7 Å². The van der Waals surface area contributed by atoms with Gasteiger partial charge in [0.1, 0.15) is 6.61 Å². The largest absolute Gasteiger partial charge is 0.382 e. The van der Waals surface area contributed by atoms with Gasteiger partial charge in [0.25, 0.3) is 0 Å². The lowest BCUT2D eigenvalue weighted by Crippen LogP contribution is -2.39. The lowest BCUT2D eigenvalue weighted by atomic mass is 9.86. The second-order valence-corrected chi connectivity index (χ2v) is 7.48. The highest BCUT2D eigenvalue weighted by Crippen LogP contribution is 2.37. The van der Waals surface area contributed by atoms with Gasteiger partial charge in [-0.2, -0.15) is 4.98 Å². The van der Waals surface area contributed by atoms with Gasteiger partial charge in [0.15, 0.2) is 5.82 Å². The van der Waals surface area contributed by atoms with Crippen LogP contribution in [0, 0.1) is 0 Å². The minimum Gasteiger partial charge on any atom is -0.382 e. The van der Waals surface area contributed by atoms with Crippen molar-refractivity contribution in [1.29, 1.82) is 0 Å². The van der Waals surface area contributed by atoms with E-state index in [0.717, 1.165) is 51.4 Å². The lowest BCUT2D eigenvalue weighted by Gasteiger charge is -2.27. The topological polar surface area (TPSA) is 112 Å². The van der Waals surface area contributed by atoms with Crippen LogP contribution in [0.2, 0.25) is 0 Å². The molecule has 0 atom stereocenters. The molecule has 1 aromatic rings. The summed E-state index contributed by atoms with van der Waals surface area (Å²) < 4.78 is 15.6. The molecule has 0 unspecified atom stereocenters. The first-order valence-corrected chi connectivity index (χ1v) is 9.60. The maximum absolute atomic E-state index is 11.9. The molecule has 0 aliphatic heterocycles. The minimum absolute atomic E-state index is 0.0732. The third kappa shape index (κ3) is 4.81. The number of carbonyl (C=O) groups excluding carboxylic acids is 1. The number of nitrogens with one attached hydrogen (secondary N) is 1. The van der Waals surface area contributed by atoms with Crippen molar-refractivity contribution in [3.8, 4) is 0 Å². The average Bonchev–Trinajstić information content (AvgIpc) is 3.30. The molecule has 8 heteroatoms. The highest BCUT2D eigenvalue weighted by atomic mass is 16.5. The van der Waals surface area contributed by atoms with E-state index < -0.39 is 5.54 Å².